The third kappa shape index (κ3) is 16.4. The van der Waals surface area contributed by atoms with Crippen molar-refractivity contribution in [1.82, 2.24) is 0 Å². The SMILES string of the molecule is CCCCCCCCCCC[Si]CCC[Si](C)C. The lowest BCUT2D eigenvalue weighted by atomic mass is 10.1. The van der Waals surface area contributed by atoms with Gasteiger partial charge in [0.15, 0.2) is 0 Å². The fraction of sp³-hybridized carbons (Fsp3) is 1.00. The molecule has 0 spiro atoms. The van der Waals surface area contributed by atoms with Gasteiger partial charge in [0.05, 0.1) is 0 Å². The van der Waals surface area contributed by atoms with Gasteiger partial charge < -0.3 is 0 Å². The van der Waals surface area contributed by atoms with Crippen LogP contribution in [0.25, 0.3) is 0 Å². The summed E-state index contributed by atoms with van der Waals surface area (Å²) in [5, 5.41) is 0. The van der Waals surface area contributed by atoms with Crippen molar-refractivity contribution in [2.24, 2.45) is 0 Å². The molecule has 0 heterocycles. The van der Waals surface area contributed by atoms with E-state index < -0.39 is 0 Å². The summed E-state index contributed by atoms with van der Waals surface area (Å²) in [7, 11) is 1.32. The highest BCUT2D eigenvalue weighted by molar-refractivity contribution is 6.55. The normalized spacial score (nSPS) is 11.3. The molecule has 0 nitrogen and oxygen atoms in total. The number of rotatable bonds is 14. The third-order valence-corrected chi connectivity index (χ3v) is 6.26. The van der Waals surface area contributed by atoms with Crippen LogP contribution in [-0.2, 0) is 0 Å². The van der Waals surface area contributed by atoms with E-state index in [0.29, 0.717) is 0 Å². The molecule has 18 heavy (non-hydrogen) atoms. The molecule has 107 valence electrons. The summed E-state index contributed by atoms with van der Waals surface area (Å²) in [5.41, 5.74) is 0. The summed E-state index contributed by atoms with van der Waals surface area (Å²) in [6, 6.07) is 4.58. The van der Waals surface area contributed by atoms with Gasteiger partial charge in [-0.2, -0.15) is 0 Å². The third-order valence-electron chi connectivity index (χ3n) is 3.49. The van der Waals surface area contributed by atoms with Crippen molar-refractivity contribution in [2.45, 2.75) is 102 Å². The van der Waals surface area contributed by atoms with Crippen molar-refractivity contribution in [3.63, 3.8) is 0 Å². The first-order valence-electron chi connectivity index (χ1n) is 8.27. The van der Waals surface area contributed by atoms with E-state index in [1.54, 1.807) is 0 Å². The second-order valence-electron chi connectivity index (χ2n) is 5.89. The minimum absolute atomic E-state index is 0.0559. The highest BCUT2D eigenvalue weighted by Gasteiger charge is 1.97. The van der Waals surface area contributed by atoms with Gasteiger partial charge in [0, 0.05) is 18.3 Å². The highest BCUT2D eigenvalue weighted by Crippen LogP contribution is 2.11. The molecule has 0 saturated heterocycles. The van der Waals surface area contributed by atoms with E-state index in [4.69, 9.17) is 0 Å². The Bertz CT molecular complexity index is 146. The van der Waals surface area contributed by atoms with E-state index in [9.17, 15) is 0 Å². The molecule has 2 heteroatoms. The van der Waals surface area contributed by atoms with E-state index in [2.05, 4.69) is 20.0 Å². The van der Waals surface area contributed by atoms with Crippen LogP contribution in [0.1, 0.15) is 71.1 Å². The molecule has 0 unspecified atom stereocenters. The number of hydrogen-bond donors (Lipinski definition) is 0. The predicted molar refractivity (Wildman–Crippen MR) is 89.5 cm³/mol. The Morgan fingerprint density at radius 2 is 1.17 bits per heavy atom. The van der Waals surface area contributed by atoms with E-state index in [1.807, 2.05) is 0 Å². The zero-order valence-electron chi connectivity index (χ0n) is 13.2. The Labute approximate surface area is 121 Å². The maximum absolute atomic E-state index is 2.44. The van der Waals surface area contributed by atoms with Crippen molar-refractivity contribution in [2.75, 3.05) is 0 Å². The summed E-state index contributed by atoms with van der Waals surface area (Å²) in [5.74, 6) is 0. The summed E-state index contributed by atoms with van der Waals surface area (Å²) >= 11 is 0. The molecule has 0 aliphatic carbocycles. The fourth-order valence-electron chi connectivity index (χ4n) is 2.25. The Hall–Kier alpha value is 0.434. The molecule has 3 radical (unpaired) electrons. The van der Waals surface area contributed by atoms with Crippen LogP contribution in [0.5, 0.6) is 0 Å². The van der Waals surface area contributed by atoms with Gasteiger partial charge in [-0.15, -0.1) is 0 Å². The average molecular weight is 284 g/mol. The Morgan fingerprint density at radius 1 is 0.667 bits per heavy atom. The molecule has 0 fully saturated rings. The first-order chi connectivity index (χ1) is 8.77. The molecule has 0 aliphatic heterocycles. The van der Waals surface area contributed by atoms with Gasteiger partial charge in [-0.05, 0) is 0 Å². The summed E-state index contributed by atoms with van der Waals surface area (Å²) in [4.78, 5) is 0. The monoisotopic (exact) mass is 283 g/mol. The predicted octanol–water partition coefficient (Wildman–Crippen LogP) is 6.20. The highest BCUT2D eigenvalue weighted by atomic mass is 28.3. The Kier molecular flexibility index (Phi) is 15.9. The average Bonchev–Trinajstić information content (AvgIpc) is 2.34. The molecule has 0 bridgehead atoms. The van der Waals surface area contributed by atoms with Crippen LogP contribution in [0, 0.1) is 0 Å². The van der Waals surface area contributed by atoms with Crippen LogP contribution in [0.3, 0.4) is 0 Å². The van der Waals surface area contributed by atoms with E-state index in [0.717, 1.165) is 0 Å². The molecule has 0 rings (SSSR count). The quantitative estimate of drug-likeness (QED) is 0.263. The topological polar surface area (TPSA) is 0 Å². The van der Waals surface area contributed by atoms with E-state index in [-0.39, 0.29) is 8.80 Å². The molecule has 0 atom stereocenters. The van der Waals surface area contributed by atoms with Crippen molar-refractivity contribution in [3.8, 4) is 0 Å². The van der Waals surface area contributed by atoms with Crippen LogP contribution >= 0.6 is 0 Å². The van der Waals surface area contributed by atoms with E-state index in [1.165, 1.54) is 91.9 Å². The lowest BCUT2D eigenvalue weighted by Gasteiger charge is -2.03. The molecule has 0 aliphatic rings. The van der Waals surface area contributed by atoms with E-state index >= 15 is 0 Å². The molecule has 0 saturated carbocycles. The largest absolute Gasteiger partial charge is 0.0713 e. The van der Waals surface area contributed by atoms with Crippen molar-refractivity contribution >= 4 is 18.3 Å². The zero-order chi connectivity index (χ0) is 13.5. The Balaban J connectivity index is 2.90. The van der Waals surface area contributed by atoms with Gasteiger partial charge in [-0.25, -0.2) is 0 Å². The van der Waals surface area contributed by atoms with Gasteiger partial charge in [0.1, 0.15) is 0 Å². The van der Waals surface area contributed by atoms with Crippen molar-refractivity contribution < 1.29 is 0 Å². The minimum atomic E-state index is 0.0559. The minimum Gasteiger partial charge on any atom is -0.0713 e. The summed E-state index contributed by atoms with van der Waals surface area (Å²) in [6.07, 6.45) is 14.7. The van der Waals surface area contributed by atoms with Crippen LogP contribution in [0.4, 0.5) is 0 Å². The maximum atomic E-state index is 2.44. The van der Waals surface area contributed by atoms with Gasteiger partial charge in [0.2, 0.25) is 0 Å². The summed E-state index contributed by atoms with van der Waals surface area (Å²) < 4.78 is 0. The fourth-order valence-corrected chi connectivity index (χ4v) is 4.67. The molecular formula is C16H35Si2. The number of unbranched alkanes of at least 4 members (excludes halogenated alkanes) is 8. The second-order valence-corrected chi connectivity index (χ2v) is 10.3. The lowest BCUT2D eigenvalue weighted by Crippen LogP contribution is -1.99. The van der Waals surface area contributed by atoms with Crippen molar-refractivity contribution in [3.05, 3.63) is 0 Å². The molecule has 0 aromatic heterocycles. The smallest absolute Gasteiger partial charge is 0.0412 e. The second kappa shape index (κ2) is 15.5. The molecule has 0 aromatic carbocycles. The molecular weight excluding hydrogens is 248 g/mol. The standard InChI is InChI=1S/C16H35Si2/c1-4-5-6-7-8-9-10-11-12-14-17-15-13-16-18(2)3/h4-16H2,1-3H3. The van der Waals surface area contributed by atoms with Crippen LogP contribution in [-0.4, -0.2) is 18.3 Å². The van der Waals surface area contributed by atoms with Crippen LogP contribution in [0.2, 0.25) is 31.2 Å². The maximum Gasteiger partial charge on any atom is 0.0412 e. The first kappa shape index (κ1) is 18.4. The van der Waals surface area contributed by atoms with Gasteiger partial charge >= 0.3 is 0 Å². The number of hydrogen-bond acceptors (Lipinski definition) is 0. The summed E-state index contributed by atoms with van der Waals surface area (Å²) in [6.45, 7) is 7.17. The molecule has 0 N–H and O–H groups in total. The van der Waals surface area contributed by atoms with Gasteiger partial charge in [-0.1, -0.05) is 102 Å². The lowest BCUT2D eigenvalue weighted by molar-refractivity contribution is 0.572. The van der Waals surface area contributed by atoms with Crippen LogP contribution < -0.4 is 0 Å². The van der Waals surface area contributed by atoms with Gasteiger partial charge in [-0.3, -0.25) is 0 Å². The molecule has 0 aromatic rings. The Morgan fingerprint density at radius 3 is 1.72 bits per heavy atom. The van der Waals surface area contributed by atoms with Crippen LogP contribution in [0.15, 0.2) is 0 Å². The molecule has 0 amide bonds. The van der Waals surface area contributed by atoms with Gasteiger partial charge in [0.25, 0.3) is 0 Å². The first-order valence-corrected chi connectivity index (χ1v) is 12.4. The van der Waals surface area contributed by atoms with Crippen molar-refractivity contribution in [1.29, 1.82) is 0 Å². The zero-order valence-corrected chi connectivity index (χ0v) is 15.2.